The van der Waals surface area contributed by atoms with Crippen molar-refractivity contribution in [1.82, 2.24) is 0 Å². The van der Waals surface area contributed by atoms with Gasteiger partial charge in [-0.2, -0.15) is 0 Å². The maximum Gasteiger partial charge on any atom is 0.180 e. The lowest BCUT2D eigenvalue weighted by Crippen LogP contribution is -1.66. The van der Waals surface area contributed by atoms with Gasteiger partial charge in [0.05, 0.1) is 0 Å². The first-order valence-corrected chi connectivity index (χ1v) is 16.5. The molecule has 0 N–H and O–H groups in total. The Labute approximate surface area is 236 Å². The summed E-state index contributed by atoms with van der Waals surface area (Å²) < 4.78 is -0.750. The van der Waals surface area contributed by atoms with Crippen LogP contribution >= 0.6 is 34.8 Å². The fourth-order valence-electron chi connectivity index (χ4n) is 2.50. The summed E-state index contributed by atoms with van der Waals surface area (Å²) in [6.07, 6.45) is 27.7. The smallest absolute Gasteiger partial charge is 0.0874 e. The van der Waals surface area contributed by atoms with Crippen LogP contribution in [0.25, 0.3) is 0 Å². The SMILES string of the molecule is CCCCCC.CCCCCC.CCCCCC.CCCCCC.CCCCCC.ClC(Cl)Cl. The highest BCUT2D eigenvalue weighted by atomic mass is 35.6. The summed E-state index contributed by atoms with van der Waals surface area (Å²) in [5.74, 6) is 0. The van der Waals surface area contributed by atoms with Gasteiger partial charge in [-0.1, -0.05) is 232 Å². The van der Waals surface area contributed by atoms with Gasteiger partial charge >= 0.3 is 0 Å². The van der Waals surface area contributed by atoms with Crippen molar-refractivity contribution < 1.29 is 0 Å². The average Bonchev–Trinajstić information content (AvgIpc) is 2.83. The van der Waals surface area contributed by atoms with Crippen molar-refractivity contribution in [1.29, 1.82) is 0 Å². The first-order valence-electron chi connectivity index (χ1n) is 15.2. The molecule has 0 rings (SSSR count). The number of halogens is 3. The van der Waals surface area contributed by atoms with Gasteiger partial charge in [0.25, 0.3) is 0 Å². The van der Waals surface area contributed by atoms with E-state index in [1.54, 1.807) is 0 Å². The number of unbranched alkanes of at least 4 members (excludes halogenated alkanes) is 15. The van der Waals surface area contributed by atoms with Crippen LogP contribution in [0.4, 0.5) is 0 Å². The number of hydrogen-bond donors (Lipinski definition) is 0. The Hall–Kier alpha value is 0.870. The second kappa shape index (κ2) is 64.2. The zero-order chi connectivity index (χ0) is 27.7. The van der Waals surface area contributed by atoms with Crippen LogP contribution in [0.15, 0.2) is 0 Å². The molecule has 0 spiro atoms. The highest BCUT2D eigenvalue weighted by Crippen LogP contribution is 2.03. The zero-order valence-corrected chi connectivity index (χ0v) is 28.1. The zero-order valence-electron chi connectivity index (χ0n) is 25.9. The van der Waals surface area contributed by atoms with E-state index in [4.69, 9.17) is 34.8 Å². The molecule has 0 saturated heterocycles. The molecule has 0 fully saturated rings. The Morgan fingerprint density at radius 3 is 0.353 bits per heavy atom. The van der Waals surface area contributed by atoms with Crippen LogP contribution in [-0.2, 0) is 0 Å². The Morgan fingerprint density at radius 1 is 0.265 bits per heavy atom. The second-order valence-electron chi connectivity index (χ2n) is 8.78. The third-order valence-corrected chi connectivity index (χ3v) is 4.79. The minimum absolute atomic E-state index is 0.750. The first-order chi connectivity index (χ1) is 16.3. The predicted octanol–water partition coefficient (Wildman–Crippen LogP) is 14.9. The summed E-state index contributed by atoms with van der Waals surface area (Å²) in [7, 11) is 0. The maximum absolute atomic E-state index is 4.81. The summed E-state index contributed by atoms with van der Waals surface area (Å²) >= 11 is 14.4. The van der Waals surface area contributed by atoms with Crippen LogP contribution in [0.2, 0.25) is 0 Å². The van der Waals surface area contributed by atoms with Crippen LogP contribution < -0.4 is 0 Å². The molecule has 0 aliphatic heterocycles. The van der Waals surface area contributed by atoms with E-state index in [9.17, 15) is 0 Å². The number of hydrogen-bond acceptors (Lipinski definition) is 0. The van der Waals surface area contributed by atoms with Crippen molar-refractivity contribution in [3.05, 3.63) is 0 Å². The van der Waals surface area contributed by atoms with E-state index in [-0.39, 0.29) is 0 Å². The monoisotopic (exact) mass is 548 g/mol. The van der Waals surface area contributed by atoms with Crippen molar-refractivity contribution >= 4 is 34.8 Å². The Morgan fingerprint density at radius 2 is 0.324 bits per heavy atom. The number of alkyl halides is 3. The van der Waals surface area contributed by atoms with Gasteiger partial charge in [-0.25, -0.2) is 0 Å². The molecule has 0 aromatic rings. The molecule has 0 amide bonds. The van der Waals surface area contributed by atoms with Gasteiger partial charge in [-0.15, -0.1) is 0 Å². The van der Waals surface area contributed by atoms with E-state index in [1.165, 1.54) is 128 Å². The van der Waals surface area contributed by atoms with E-state index in [0.29, 0.717) is 0 Å². The lowest BCUT2D eigenvalue weighted by molar-refractivity contribution is 0.702. The second-order valence-corrected chi connectivity index (χ2v) is 10.8. The molecule has 3 heteroatoms. The molecule has 0 aromatic carbocycles. The van der Waals surface area contributed by atoms with Gasteiger partial charge in [-0.3, -0.25) is 0 Å². The summed E-state index contributed by atoms with van der Waals surface area (Å²) in [6.45, 7) is 22.3. The molecule has 0 aromatic heterocycles. The Bertz CT molecular complexity index is 152. The van der Waals surface area contributed by atoms with Gasteiger partial charge < -0.3 is 0 Å². The quantitative estimate of drug-likeness (QED) is 0.141. The highest BCUT2D eigenvalue weighted by molar-refractivity contribution is 6.63. The normalized spacial score (nSPS) is 9.00. The molecular formula is C31H71Cl3. The molecule has 0 aliphatic rings. The summed E-state index contributed by atoms with van der Waals surface area (Å²) in [6, 6.07) is 0. The summed E-state index contributed by atoms with van der Waals surface area (Å²) in [5, 5.41) is 0. The van der Waals surface area contributed by atoms with Gasteiger partial charge in [0.2, 0.25) is 0 Å². The van der Waals surface area contributed by atoms with Crippen molar-refractivity contribution in [3.8, 4) is 0 Å². The van der Waals surface area contributed by atoms with E-state index in [1.807, 2.05) is 0 Å². The lowest BCUT2D eigenvalue weighted by Gasteiger charge is -1.86. The Kier molecular flexibility index (Phi) is 90.7. The standard InChI is InChI=1S/5C6H14.CHCl3/c5*1-3-5-6-4-2;2-1(3)4/h5*3-6H2,1-2H3;1H. The van der Waals surface area contributed by atoms with Crippen LogP contribution in [0.1, 0.15) is 198 Å². The molecule has 0 aliphatic carbocycles. The molecule has 216 valence electrons. The third kappa shape index (κ3) is 133. The fraction of sp³-hybridized carbons (Fsp3) is 1.00. The molecular weight excluding hydrogens is 479 g/mol. The highest BCUT2D eigenvalue weighted by Gasteiger charge is 1.79. The number of rotatable bonds is 15. The van der Waals surface area contributed by atoms with Crippen LogP contribution in [0, 0.1) is 0 Å². The van der Waals surface area contributed by atoms with Crippen LogP contribution in [0.3, 0.4) is 0 Å². The minimum Gasteiger partial charge on any atom is -0.0874 e. The van der Waals surface area contributed by atoms with Crippen LogP contribution in [-0.4, -0.2) is 4.30 Å². The fourth-order valence-corrected chi connectivity index (χ4v) is 2.50. The van der Waals surface area contributed by atoms with E-state index >= 15 is 0 Å². The molecule has 0 radical (unpaired) electrons. The molecule has 0 saturated carbocycles. The topological polar surface area (TPSA) is 0 Å². The van der Waals surface area contributed by atoms with E-state index in [2.05, 4.69) is 69.2 Å². The van der Waals surface area contributed by atoms with E-state index in [0.717, 1.165) is 0 Å². The van der Waals surface area contributed by atoms with Crippen molar-refractivity contribution in [2.75, 3.05) is 0 Å². The van der Waals surface area contributed by atoms with Gasteiger partial charge in [0.15, 0.2) is 4.30 Å². The largest absolute Gasteiger partial charge is 0.180 e. The van der Waals surface area contributed by atoms with Gasteiger partial charge in [0, 0.05) is 0 Å². The maximum atomic E-state index is 4.81. The van der Waals surface area contributed by atoms with Crippen molar-refractivity contribution in [2.24, 2.45) is 0 Å². The molecule has 0 nitrogen and oxygen atoms in total. The minimum atomic E-state index is -0.750. The molecule has 34 heavy (non-hydrogen) atoms. The molecule has 0 heterocycles. The van der Waals surface area contributed by atoms with Crippen molar-refractivity contribution in [2.45, 2.75) is 202 Å². The van der Waals surface area contributed by atoms with E-state index < -0.39 is 4.30 Å². The third-order valence-electron chi connectivity index (χ3n) is 4.79. The summed E-state index contributed by atoms with van der Waals surface area (Å²) in [4.78, 5) is 0. The van der Waals surface area contributed by atoms with Gasteiger partial charge in [0.1, 0.15) is 0 Å². The van der Waals surface area contributed by atoms with Gasteiger partial charge in [-0.05, 0) is 0 Å². The predicted molar refractivity (Wildman–Crippen MR) is 170 cm³/mol. The van der Waals surface area contributed by atoms with Crippen LogP contribution in [0.5, 0.6) is 0 Å². The molecule has 0 unspecified atom stereocenters. The summed E-state index contributed by atoms with van der Waals surface area (Å²) in [5.41, 5.74) is 0. The Balaban J connectivity index is -0.0000000695. The first kappa shape index (κ1) is 48.0. The molecule has 0 atom stereocenters. The molecule has 0 bridgehead atoms. The lowest BCUT2D eigenvalue weighted by atomic mass is 10.2. The van der Waals surface area contributed by atoms with Crippen molar-refractivity contribution in [3.63, 3.8) is 0 Å². The average molecular weight is 550 g/mol.